The number of H-pyrrole nitrogens is 1. The normalized spacial score (nSPS) is 14.4. The number of nitrogens with zero attached hydrogens (tertiary/aromatic N) is 1. The lowest BCUT2D eigenvalue weighted by atomic mass is 9.97. The van der Waals surface area contributed by atoms with Crippen LogP contribution in [-0.4, -0.2) is 47.5 Å². The maximum atomic E-state index is 15.2. The second-order valence-electron chi connectivity index (χ2n) is 6.49. The number of morpholine rings is 1. The Labute approximate surface area is 158 Å². The summed E-state index contributed by atoms with van der Waals surface area (Å²) in [5.41, 5.74) is 0.452. The standard InChI is InChI=1S/C20H17FN2O5/c21-15-9-13-17(22-10-14(19(13)25)20(26)27)16(11-1-3-12(24)4-2-11)18(15)23-5-7-28-8-6-23/h1-4,9-10,24H,5-8H2,(H,22,25)(H,26,27). The van der Waals surface area contributed by atoms with E-state index in [0.717, 1.165) is 12.3 Å². The number of phenolic OH excluding ortho intramolecular Hbond substituents is 1. The van der Waals surface area contributed by atoms with Crippen molar-refractivity contribution in [3.8, 4) is 16.9 Å². The van der Waals surface area contributed by atoms with E-state index >= 15 is 4.39 Å². The lowest BCUT2D eigenvalue weighted by molar-refractivity contribution is 0.0695. The number of nitrogens with one attached hydrogen (secondary N) is 1. The Kier molecular flexibility index (Phi) is 4.48. The molecule has 144 valence electrons. The molecule has 4 rings (SSSR count). The molecule has 0 unspecified atom stereocenters. The van der Waals surface area contributed by atoms with Crippen LogP contribution in [0.15, 0.2) is 41.3 Å². The quantitative estimate of drug-likeness (QED) is 0.641. The predicted octanol–water partition coefficient (Wildman–Crippen LogP) is 2.57. The zero-order valence-electron chi connectivity index (χ0n) is 14.7. The van der Waals surface area contributed by atoms with Gasteiger partial charge in [-0.05, 0) is 23.8 Å². The monoisotopic (exact) mass is 384 g/mol. The highest BCUT2D eigenvalue weighted by atomic mass is 19.1. The Hall–Kier alpha value is -3.39. The number of pyridine rings is 1. The molecule has 2 heterocycles. The third-order valence-electron chi connectivity index (χ3n) is 4.82. The zero-order valence-corrected chi connectivity index (χ0v) is 14.7. The Morgan fingerprint density at radius 1 is 1.18 bits per heavy atom. The Morgan fingerprint density at radius 2 is 1.86 bits per heavy atom. The van der Waals surface area contributed by atoms with Crippen LogP contribution in [-0.2, 0) is 4.74 Å². The molecule has 0 amide bonds. The first-order valence-electron chi connectivity index (χ1n) is 8.70. The van der Waals surface area contributed by atoms with E-state index in [1.807, 2.05) is 4.90 Å². The molecule has 1 fully saturated rings. The molecule has 0 atom stereocenters. The van der Waals surface area contributed by atoms with Crippen molar-refractivity contribution in [1.82, 2.24) is 4.98 Å². The predicted molar refractivity (Wildman–Crippen MR) is 102 cm³/mol. The third kappa shape index (κ3) is 2.97. The number of carboxylic acids is 1. The van der Waals surface area contributed by atoms with E-state index in [-0.39, 0.29) is 11.1 Å². The lowest BCUT2D eigenvalue weighted by Crippen LogP contribution is -2.37. The van der Waals surface area contributed by atoms with E-state index in [1.54, 1.807) is 12.1 Å². The molecular weight excluding hydrogens is 367 g/mol. The van der Waals surface area contributed by atoms with Crippen molar-refractivity contribution < 1.29 is 24.1 Å². The molecule has 3 aromatic rings. The number of aromatic hydroxyl groups is 1. The first-order valence-corrected chi connectivity index (χ1v) is 8.70. The first-order chi connectivity index (χ1) is 13.5. The van der Waals surface area contributed by atoms with Gasteiger partial charge in [0.25, 0.3) is 0 Å². The molecule has 3 N–H and O–H groups in total. The van der Waals surface area contributed by atoms with Crippen LogP contribution in [0.5, 0.6) is 5.75 Å². The Bertz CT molecular complexity index is 1120. The number of carbonyl (C=O) groups is 1. The van der Waals surface area contributed by atoms with Crippen LogP contribution in [0, 0.1) is 5.82 Å². The summed E-state index contributed by atoms with van der Waals surface area (Å²) in [6.07, 6.45) is 1.12. The van der Waals surface area contributed by atoms with E-state index in [2.05, 4.69) is 4.98 Å². The molecule has 1 aliphatic heterocycles. The summed E-state index contributed by atoms with van der Waals surface area (Å²) in [6, 6.07) is 7.26. The minimum Gasteiger partial charge on any atom is -0.508 e. The number of phenols is 1. The average Bonchev–Trinajstić information content (AvgIpc) is 2.69. The van der Waals surface area contributed by atoms with Crippen LogP contribution in [0.3, 0.4) is 0 Å². The maximum absolute atomic E-state index is 15.2. The van der Waals surface area contributed by atoms with Gasteiger partial charge in [0.1, 0.15) is 17.1 Å². The highest BCUT2D eigenvalue weighted by molar-refractivity contribution is 6.03. The molecule has 0 saturated carbocycles. The smallest absolute Gasteiger partial charge is 0.341 e. The summed E-state index contributed by atoms with van der Waals surface area (Å²) in [5.74, 6) is -1.95. The molecule has 0 aliphatic carbocycles. The van der Waals surface area contributed by atoms with E-state index < -0.39 is 22.8 Å². The number of aromatic nitrogens is 1. The van der Waals surface area contributed by atoms with Gasteiger partial charge >= 0.3 is 5.97 Å². The number of aromatic carboxylic acids is 1. The third-order valence-corrected chi connectivity index (χ3v) is 4.82. The molecular formula is C20H17FN2O5. The summed E-state index contributed by atoms with van der Waals surface area (Å²) in [6.45, 7) is 1.85. The van der Waals surface area contributed by atoms with Gasteiger partial charge < -0.3 is 24.8 Å². The van der Waals surface area contributed by atoms with E-state index in [0.29, 0.717) is 48.6 Å². The lowest BCUT2D eigenvalue weighted by Gasteiger charge is -2.31. The second-order valence-corrected chi connectivity index (χ2v) is 6.49. The van der Waals surface area contributed by atoms with Gasteiger partial charge in [0.2, 0.25) is 5.43 Å². The number of ether oxygens (including phenoxy) is 1. The highest BCUT2D eigenvalue weighted by Gasteiger charge is 2.25. The molecule has 0 spiro atoms. The Morgan fingerprint density at radius 3 is 2.50 bits per heavy atom. The van der Waals surface area contributed by atoms with Crippen molar-refractivity contribution in [3.63, 3.8) is 0 Å². The summed E-state index contributed by atoms with van der Waals surface area (Å²) in [4.78, 5) is 28.6. The number of aromatic amines is 1. The van der Waals surface area contributed by atoms with Crippen molar-refractivity contribution >= 4 is 22.6 Å². The number of rotatable bonds is 3. The molecule has 7 nitrogen and oxygen atoms in total. The number of carboxylic acid groups (broad SMARTS) is 1. The molecule has 1 saturated heterocycles. The number of halogens is 1. The second kappa shape index (κ2) is 6.97. The first kappa shape index (κ1) is 18.0. The minimum atomic E-state index is -1.38. The average molecular weight is 384 g/mol. The summed E-state index contributed by atoms with van der Waals surface area (Å²) in [7, 11) is 0. The van der Waals surface area contributed by atoms with Crippen LogP contribution in [0.2, 0.25) is 0 Å². The van der Waals surface area contributed by atoms with Crippen molar-refractivity contribution in [3.05, 3.63) is 58.1 Å². The highest BCUT2D eigenvalue weighted by Crippen LogP contribution is 2.39. The minimum absolute atomic E-state index is 0.0440. The van der Waals surface area contributed by atoms with Gasteiger partial charge in [-0.2, -0.15) is 0 Å². The number of hydrogen-bond acceptors (Lipinski definition) is 5. The van der Waals surface area contributed by atoms with Gasteiger partial charge in [0.05, 0.1) is 29.8 Å². The van der Waals surface area contributed by atoms with Crippen LogP contribution in [0.25, 0.3) is 22.0 Å². The van der Waals surface area contributed by atoms with Crippen LogP contribution in [0.4, 0.5) is 10.1 Å². The van der Waals surface area contributed by atoms with Gasteiger partial charge in [-0.1, -0.05) is 12.1 Å². The molecule has 0 bridgehead atoms. The fraction of sp³-hybridized carbons (Fsp3) is 0.200. The van der Waals surface area contributed by atoms with Gasteiger partial charge in [0, 0.05) is 24.8 Å². The SMILES string of the molecule is O=C(O)c1c[nH]c2c(-c3ccc(O)cc3)c(N3CCOCC3)c(F)cc2c1=O. The molecule has 0 radical (unpaired) electrons. The van der Waals surface area contributed by atoms with E-state index in [9.17, 15) is 19.8 Å². The number of benzene rings is 2. The van der Waals surface area contributed by atoms with Crippen molar-refractivity contribution in [1.29, 1.82) is 0 Å². The topological polar surface area (TPSA) is 103 Å². The maximum Gasteiger partial charge on any atom is 0.341 e. The Balaban J connectivity index is 2.07. The number of anilines is 1. The van der Waals surface area contributed by atoms with Crippen molar-refractivity contribution in [2.24, 2.45) is 0 Å². The van der Waals surface area contributed by atoms with Crippen LogP contribution >= 0.6 is 0 Å². The van der Waals surface area contributed by atoms with Crippen molar-refractivity contribution in [2.75, 3.05) is 31.2 Å². The molecule has 1 aliphatic rings. The van der Waals surface area contributed by atoms with Gasteiger partial charge in [-0.25, -0.2) is 9.18 Å². The number of hydrogen-bond donors (Lipinski definition) is 3. The molecule has 1 aromatic heterocycles. The molecule has 8 heteroatoms. The molecule has 28 heavy (non-hydrogen) atoms. The summed E-state index contributed by atoms with van der Waals surface area (Å²) >= 11 is 0. The summed E-state index contributed by atoms with van der Waals surface area (Å²) in [5, 5.41) is 18.8. The zero-order chi connectivity index (χ0) is 19.8. The summed E-state index contributed by atoms with van der Waals surface area (Å²) < 4.78 is 20.6. The largest absolute Gasteiger partial charge is 0.508 e. The van der Waals surface area contributed by atoms with Crippen LogP contribution in [0.1, 0.15) is 10.4 Å². The van der Waals surface area contributed by atoms with Crippen molar-refractivity contribution in [2.45, 2.75) is 0 Å². The van der Waals surface area contributed by atoms with E-state index in [1.165, 1.54) is 12.1 Å². The van der Waals surface area contributed by atoms with Crippen LogP contribution < -0.4 is 10.3 Å². The van der Waals surface area contributed by atoms with Gasteiger partial charge in [0.15, 0.2) is 0 Å². The fourth-order valence-corrected chi connectivity index (χ4v) is 3.49. The van der Waals surface area contributed by atoms with Gasteiger partial charge in [-0.3, -0.25) is 4.79 Å². The molecule has 2 aromatic carbocycles. The number of fused-ring (bicyclic) bond motifs is 1. The fourth-order valence-electron chi connectivity index (χ4n) is 3.49. The van der Waals surface area contributed by atoms with E-state index in [4.69, 9.17) is 4.74 Å². The van der Waals surface area contributed by atoms with Gasteiger partial charge in [-0.15, -0.1) is 0 Å².